The summed E-state index contributed by atoms with van der Waals surface area (Å²) in [7, 11) is 0. The van der Waals surface area contributed by atoms with Crippen LogP contribution in [0.3, 0.4) is 0 Å². The Bertz CT molecular complexity index is 159. The molecule has 0 amide bonds. The third-order valence-electron chi connectivity index (χ3n) is 3.30. The van der Waals surface area contributed by atoms with Gasteiger partial charge in [-0.15, -0.1) is 0 Å². The van der Waals surface area contributed by atoms with Crippen molar-refractivity contribution in [3.8, 4) is 0 Å². The minimum absolute atomic E-state index is 0.723. The van der Waals surface area contributed by atoms with E-state index in [1.54, 1.807) is 0 Å². The summed E-state index contributed by atoms with van der Waals surface area (Å²) in [6.07, 6.45) is 17.4. The van der Waals surface area contributed by atoms with Crippen molar-refractivity contribution in [3.63, 3.8) is 0 Å². The molecule has 0 aliphatic rings. The summed E-state index contributed by atoms with van der Waals surface area (Å²) < 4.78 is 5.41. The van der Waals surface area contributed by atoms with E-state index in [1.165, 1.54) is 76.8 Å². The van der Waals surface area contributed by atoms with Crippen molar-refractivity contribution >= 4 is 6.21 Å². The van der Waals surface area contributed by atoms with Crippen molar-refractivity contribution in [1.29, 1.82) is 5.41 Å². The zero-order valence-electron chi connectivity index (χ0n) is 12.4. The molecule has 0 rings (SSSR count). The summed E-state index contributed by atoms with van der Waals surface area (Å²) in [4.78, 5) is 0. The molecule has 0 aromatic rings. The van der Waals surface area contributed by atoms with Crippen molar-refractivity contribution in [3.05, 3.63) is 0 Å². The molecule has 0 saturated carbocycles. The molecular formula is C16H33NO. The Kier molecular flexibility index (Phi) is 16.3. The van der Waals surface area contributed by atoms with Crippen molar-refractivity contribution in [1.82, 2.24) is 0 Å². The standard InChI is InChI=1S/C16H33NO/c1-2-3-4-5-6-7-8-9-10-11-12-15-18-16-13-14-17/h14,17H,2-13,15-16H2,1H3. The van der Waals surface area contributed by atoms with Gasteiger partial charge in [-0.05, 0) is 12.6 Å². The molecular weight excluding hydrogens is 222 g/mol. The van der Waals surface area contributed by atoms with Gasteiger partial charge < -0.3 is 10.1 Å². The van der Waals surface area contributed by atoms with Gasteiger partial charge in [0, 0.05) is 13.0 Å². The lowest BCUT2D eigenvalue weighted by Crippen LogP contribution is -1.97. The monoisotopic (exact) mass is 255 g/mol. The van der Waals surface area contributed by atoms with E-state index in [4.69, 9.17) is 10.1 Å². The van der Waals surface area contributed by atoms with Crippen LogP contribution in [0.4, 0.5) is 0 Å². The van der Waals surface area contributed by atoms with E-state index in [9.17, 15) is 0 Å². The predicted octanol–water partition coefficient (Wildman–Crippen LogP) is 5.35. The third kappa shape index (κ3) is 15.6. The van der Waals surface area contributed by atoms with E-state index in [2.05, 4.69) is 6.92 Å². The number of ether oxygens (including phenoxy) is 1. The first kappa shape index (κ1) is 17.6. The summed E-state index contributed by atoms with van der Waals surface area (Å²) in [5, 5.41) is 6.86. The summed E-state index contributed by atoms with van der Waals surface area (Å²) >= 11 is 0. The lowest BCUT2D eigenvalue weighted by atomic mass is 10.1. The Morgan fingerprint density at radius 1 is 0.722 bits per heavy atom. The zero-order chi connectivity index (χ0) is 13.3. The molecule has 0 unspecified atom stereocenters. The molecule has 108 valence electrons. The Morgan fingerprint density at radius 2 is 1.22 bits per heavy atom. The first-order valence-electron chi connectivity index (χ1n) is 7.98. The van der Waals surface area contributed by atoms with Crippen LogP contribution in [-0.2, 0) is 4.74 Å². The molecule has 0 aliphatic carbocycles. The molecule has 0 bridgehead atoms. The molecule has 0 aromatic carbocycles. The molecule has 0 saturated heterocycles. The van der Waals surface area contributed by atoms with Gasteiger partial charge in [0.1, 0.15) is 0 Å². The highest BCUT2D eigenvalue weighted by atomic mass is 16.5. The maximum Gasteiger partial charge on any atom is 0.0515 e. The molecule has 0 aromatic heterocycles. The summed E-state index contributed by atoms with van der Waals surface area (Å²) in [6, 6.07) is 0. The van der Waals surface area contributed by atoms with Crippen LogP contribution in [-0.4, -0.2) is 19.4 Å². The summed E-state index contributed by atoms with van der Waals surface area (Å²) in [5.41, 5.74) is 0. The lowest BCUT2D eigenvalue weighted by Gasteiger charge is -2.03. The van der Waals surface area contributed by atoms with Gasteiger partial charge in [0.2, 0.25) is 0 Å². The molecule has 18 heavy (non-hydrogen) atoms. The average Bonchev–Trinajstić information content (AvgIpc) is 2.39. The van der Waals surface area contributed by atoms with Crippen LogP contribution in [0.25, 0.3) is 0 Å². The number of rotatable bonds is 15. The highest BCUT2D eigenvalue weighted by Crippen LogP contribution is 2.11. The van der Waals surface area contributed by atoms with Gasteiger partial charge >= 0.3 is 0 Å². The predicted molar refractivity (Wildman–Crippen MR) is 80.7 cm³/mol. The first-order chi connectivity index (χ1) is 8.91. The van der Waals surface area contributed by atoms with Crippen molar-refractivity contribution < 1.29 is 4.74 Å². The van der Waals surface area contributed by atoms with E-state index >= 15 is 0 Å². The van der Waals surface area contributed by atoms with E-state index in [0.717, 1.165) is 19.6 Å². The van der Waals surface area contributed by atoms with E-state index in [0.29, 0.717) is 0 Å². The fourth-order valence-corrected chi connectivity index (χ4v) is 2.11. The normalized spacial score (nSPS) is 10.7. The molecule has 2 heteroatoms. The third-order valence-corrected chi connectivity index (χ3v) is 3.30. The van der Waals surface area contributed by atoms with Crippen LogP contribution >= 0.6 is 0 Å². The molecule has 0 heterocycles. The Balaban J connectivity index is 2.88. The van der Waals surface area contributed by atoms with Gasteiger partial charge in [-0.3, -0.25) is 0 Å². The van der Waals surface area contributed by atoms with Gasteiger partial charge in [-0.2, -0.15) is 0 Å². The Hall–Kier alpha value is -0.370. The van der Waals surface area contributed by atoms with E-state index < -0.39 is 0 Å². The van der Waals surface area contributed by atoms with Crippen LogP contribution in [0.5, 0.6) is 0 Å². The fourth-order valence-electron chi connectivity index (χ4n) is 2.11. The Labute approximate surface area is 114 Å². The fraction of sp³-hybridized carbons (Fsp3) is 0.938. The van der Waals surface area contributed by atoms with Crippen LogP contribution in [0.2, 0.25) is 0 Å². The lowest BCUT2D eigenvalue weighted by molar-refractivity contribution is 0.137. The average molecular weight is 255 g/mol. The maximum atomic E-state index is 6.86. The second-order valence-corrected chi connectivity index (χ2v) is 5.14. The summed E-state index contributed by atoms with van der Waals surface area (Å²) in [5.74, 6) is 0. The minimum Gasteiger partial charge on any atom is -0.381 e. The highest BCUT2D eigenvalue weighted by molar-refractivity contribution is 5.52. The van der Waals surface area contributed by atoms with Gasteiger partial charge in [0.15, 0.2) is 0 Å². The first-order valence-corrected chi connectivity index (χ1v) is 7.98. The number of hydrogen-bond acceptors (Lipinski definition) is 2. The zero-order valence-corrected chi connectivity index (χ0v) is 12.4. The van der Waals surface area contributed by atoms with E-state index in [-0.39, 0.29) is 0 Å². The molecule has 0 aliphatic heterocycles. The molecule has 0 radical (unpaired) electrons. The van der Waals surface area contributed by atoms with Gasteiger partial charge in [0.05, 0.1) is 6.61 Å². The van der Waals surface area contributed by atoms with Gasteiger partial charge in [0.25, 0.3) is 0 Å². The largest absolute Gasteiger partial charge is 0.381 e. The quantitative estimate of drug-likeness (QED) is 0.310. The molecule has 0 fully saturated rings. The van der Waals surface area contributed by atoms with Crippen LogP contribution in [0, 0.1) is 5.41 Å². The molecule has 1 N–H and O–H groups in total. The highest BCUT2D eigenvalue weighted by Gasteiger charge is 1.93. The Morgan fingerprint density at radius 3 is 1.72 bits per heavy atom. The number of unbranched alkanes of at least 4 members (excludes halogenated alkanes) is 10. The molecule has 0 spiro atoms. The van der Waals surface area contributed by atoms with Gasteiger partial charge in [-0.1, -0.05) is 71.1 Å². The van der Waals surface area contributed by atoms with Gasteiger partial charge in [-0.25, -0.2) is 0 Å². The second kappa shape index (κ2) is 16.6. The van der Waals surface area contributed by atoms with Crippen molar-refractivity contribution in [2.45, 2.75) is 84.0 Å². The van der Waals surface area contributed by atoms with Crippen molar-refractivity contribution in [2.75, 3.05) is 13.2 Å². The second-order valence-electron chi connectivity index (χ2n) is 5.14. The topological polar surface area (TPSA) is 33.1 Å². The maximum absolute atomic E-state index is 6.86. The number of nitrogens with one attached hydrogen (secondary N) is 1. The summed E-state index contributed by atoms with van der Waals surface area (Å²) in [6.45, 7) is 3.88. The molecule has 0 atom stereocenters. The smallest absolute Gasteiger partial charge is 0.0515 e. The van der Waals surface area contributed by atoms with Crippen LogP contribution in [0.1, 0.15) is 84.0 Å². The molecule has 2 nitrogen and oxygen atoms in total. The SMILES string of the molecule is CCCCCCCCCCCCCOCCC=N. The number of hydrogen-bond donors (Lipinski definition) is 1. The van der Waals surface area contributed by atoms with Crippen LogP contribution in [0.15, 0.2) is 0 Å². The van der Waals surface area contributed by atoms with Crippen molar-refractivity contribution in [2.24, 2.45) is 0 Å². The minimum atomic E-state index is 0.723. The van der Waals surface area contributed by atoms with Crippen LogP contribution < -0.4 is 0 Å². The van der Waals surface area contributed by atoms with E-state index in [1.807, 2.05) is 0 Å².